The van der Waals surface area contributed by atoms with E-state index >= 15 is 0 Å². The van der Waals surface area contributed by atoms with E-state index in [4.69, 9.17) is 42.2 Å². The molecule has 0 aromatic heterocycles. The molecule has 1 aromatic carbocycles. The molecule has 21 heavy (non-hydrogen) atoms. The number of rotatable bonds is 6. The number of nitrogens with one attached hydrogen (secondary N) is 1. The van der Waals surface area contributed by atoms with Gasteiger partial charge in [0.1, 0.15) is 37.4 Å². The van der Waals surface area contributed by atoms with Crippen molar-refractivity contribution in [2.45, 2.75) is 12.5 Å². The molecule has 98 valence electrons. The first kappa shape index (κ1) is 17.1. The van der Waals surface area contributed by atoms with E-state index in [1.807, 2.05) is 0 Å². The molecule has 0 spiro atoms. The van der Waals surface area contributed by atoms with Crippen LogP contribution in [0.1, 0.15) is 16.8 Å². The molecule has 0 heterocycles. The molecule has 0 saturated carbocycles. The number of amides is 1. The Morgan fingerprint density at radius 3 is 2.14 bits per heavy atom. The van der Waals surface area contributed by atoms with Crippen LogP contribution in [0.2, 0.25) is 0 Å². The Morgan fingerprint density at radius 2 is 1.67 bits per heavy atom. The number of hydrogen-bond donors (Lipinski definition) is 3. The van der Waals surface area contributed by atoms with Gasteiger partial charge in [0.05, 0.1) is 0 Å². The molecule has 4 N–H and O–H groups in total. The number of carboxylic acids is 1. The van der Waals surface area contributed by atoms with Gasteiger partial charge in [0.15, 0.2) is 5.78 Å². The summed E-state index contributed by atoms with van der Waals surface area (Å²) in [7, 11) is 22.6. The van der Waals surface area contributed by atoms with Crippen LogP contribution < -0.4 is 32.9 Å². The molecule has 0 unspecified atom stereocenters. The van der Waals surface area contributed by atoms with E-state index in [2.05, 4.69) is 5.32 Å². The van der Waals surface area contributed by atoms with Gasteiger partial charge in [-0.2, -0.15) is 0 Å². The lowest BCUT2D eigenvalue weighted by Crippen LogP contribution is -2.51. The number of Topliss-reactive ketones (excluding diaryl/α,β-unsaturated/α-hetero) is 1. The van der Waals surface area contributed by atoms with Crippen molar-refractivity contribution in [2.24, 2.45) is 5.73 Å². The molecule has 10 heteroatoms. The monoisotopic (exact) mass is 276 g/mol. The van der Waals surface area contributed by atoms with E-state index in [0.717, 1.165) is 0 Å². The molecule has 1 amide bonds. The molecule has 1 aromatic rings. The van der Waals surface area contributed by atoms with Gasteiger partial charge in [0.2, 0.25) is 6.41 Å². The molecule has 0 aliphatic carbocycles. The zero-order valence-corrected chi connectivity index (χ0v) is 10.9. The molecule has 0 bridgehead atoms. The second kappa shape index (κ2) is 6.67. The van der Waals surface area contributed by atoms with Gasteiger partial charge in [-0.3, -0.25) is 14.4 Å². The molecular weight excluding hydrogens is 267 g/mol. The fourth-order valence-corrected chi connectivity index (χ4v) is 1.72. The third kappa shape index (κ3) is 3.39. The molecule has 1 atom stereocenters. The van der Waals surface area contributed by atoms with Crippen molar-refractivity contribution in [3.05, 3.63) is 5.56 Å². The lowest BCUT2D eigenvalue weighted by Gasteiger charge is -2.21. The van der Waals surface area contributed by atoms with Gasteiger partial charge in [0, 0.05) is 17.7 Å². The van der Waals surface area contributed by atoms with Crippen LogP contribution in [-0.4, -0.2) is 60.7 Å². The van der Waals surface area contributed by atoms with Crippen LogP contribution in [0.25, 0.3) is 0 Å². The molecule has 8 radical (unpaired) electrons. The summed E-state index contributed by atoms with van der Waals surface area (Å²) in [5.41, 5.74) is 4.40. The van der Waals surface area contributed by atoms with Gasteiger partial charge in [-0.15, -0.1) is 10.9 Å². The van der Waals surface area contributed by atoms with Crippen LogP contribution in [-0.2, 0) is 9.59 Å². The molecule has 1 rings (SSSR count). The minimum absolute atomic E-state index is 0.0871. The summed E-state index contributed by atoms with van der Waals surface area (Å²) in [6.07, 6.45) is -0.273. The largest absolute Gasteiger partial charge is 0.480 e. The molecule has 0 aliphatic heterocycles. The van der Waals surface area contributed by atoms with Crippen LogP contribution in [0, 0.1) is 0 Å². The van der Waals surface area contributed by atoms with Gasteiger partial charge in [-0.1, -0.05) is 10.9 Å². The summed E-state index contributed by atoms with van der Waals surface area (Å²) in [5.74, 6) is -2.09. The van der Waals surface area contributed by atoms with E-state index in [0.29, 0.717) is 0 Å². The van der Waals surface area contributed by atoms with E-state index in [1.54, 1.807) is 0 Å². The lowest BCUT2D eigenvalue weighted by atomic mass is 9.64. The van der Waals surface area contributed by atoms with Crippen LogP contribution in [0.4, 0.5) is 5.69 Å². The summed E-state index contributed by atoms with van der Waals surface area (Å²) in [6, 6.07) is -1.43. The fraction of sp³-hybridized carbons (Fsp3) is 0.182. The van der Waals surface area contributed by atoms with Crippen LogP contribution in [0.15, 0.2) is 0 Å². The first-order chi connectivity index (χ1) is 9.72. The van der Waals surface area contributed by atoms with E-state index in [1.165, 1.54) is 0 Å². The van der Waals surface area contributed by atoms with Crippen molar-refractivity contribution in [2.75, 3.05) is 5.32 Å². The number of carbonyl (C=O) groups excluding carboxylic acids is 2. The minimum Gasteiger partial charge on any atom is -0.480 e. The number of anilines is 1. The Hall–Kier alpha value is -1.95. The zero-order chi connectivity index (χ0) is 16.3. The van der Waals surface area contributed by atoms with E-state index < -0.39 is 24.2 Å². The maximum atomic E-state index is 12.2. The predicted molar refractivity (Wildman–Crippen MR) is 82.2 cm³/mol. The van der Waals surface area contributed by atoms with E-state index in [-0.39, 0.29) is 39.5 Å². The van der Waals surface area contributed by atoms with Crippen LogP contribution >= 0.6 is 0 Å². The topological polar surface area (TPSA) is 109 Å². The van der Waals surface area contributed by atoms with Crippen LogP contribution in [0.5, 0.6) is 0 Å². The number of ketones is 1. The number of aliphatic carboxylic acids is 1. The fourth-order valence-electron chi connectivity index (χ4n) is 1.72. The van der Waals surface area contributed by atoms with Gasteiger partial charge >= 0.3 is 5.97 Å². The highest BCUT2D eigenvalue weighted by Crippen LogP contribution is 2.11. The van der Waals surface area contributed by atoms with Crippen molar-refractivity contribution in [3.63, 3.8) is 0 Å². The summed E-state index contributed by atoms with van der Waals surface area (Å²) < 4.78 is 0. The number of benzene rings is 1. The predicted octanol–water partition coefficient (Wildman–Crippen LogP) is -4.59. The standard InChI is InChI=1S/C11H8B4N2O4/c12-6-5(4(19)1-3(16)11(20)21)10(17-2-18)9(15)8(14)7(6)13/h2-3H,1,16H2,(H,17,18)(H,20,21)/t3-/m0/s1. The minimum atomic E-state index is -1.43. The molecule has 0 fully saturated rings. The second-order valence-electron chi connectivity index (χ2n) is 4.24. The summed E-state index contributed by atoms with van der Waals surface area (Å²) in [5, 5.41) is 10.9. The smallest absolute Gasteiger partial charge is 0.320 e. The molecule has 0 saturated heterocycles. The maximum absolute atomic E-state index is 12.2. The molecular formula is C11H8B4N2O4. The van der Waals surface area contributed by atoms with Crippen molar-refractivity contribution >= 4 is 77.1 Å². The van der Waals surface area contributed by atoms with Crippen molar-refractivity contribution in [1.29, 1.82) is 0 Å². The Labute approximate surface area is 126 Å². The Balaban J connectivity index is 3.42. The van der Waals surface area contributed by atoms with Gasteiger partial charge in [-0.05, 0) is 0 Å². The highest BCUT2D eigenvalue weighted by Gasteiger charge is 2.23. The first-order valence-corrected chi connectivity index (χ1v) is 5.69. The SMILES string of the molecule is [B]c1c([B])c([B])c(C(=O)C[C@H](N)C(=O)O)c(NC=O)c1[B]. The number of carboxylic acid groups (broad SMARTS) is 1. The Kier molecular flexibility index (Phi) is 5.43. The lowest BCUT2D eigenvalue weighted by molar-refractivity contribution is -0.138. The summed E-state index contributed by atoms with van der Waals surface area (Å²) in [4.78, 5) is 33.5. The maximum Gasteiger partial charge on any atom is 0.320 e. The zero-order valence-electron chi connectivity index (χ0n) is 10.9. The van der Waals surface area contributed by atoms with Gasteiger partial charge in [-0.25, -0.2) is 0 Å². The van der Waals surface area contributed by atoms with Crippen LogP contribution in [0.3, 0.4) is 0 Å². The highest BCUT2D eigenvalue weighted by molar-refractivity contribution is 6.65. The second-order valence-corrected chi connectivity index (χ2v) is 4.24. The van der Waals surface area contributed by atoms with E-state index in [9.17, 15) is 14.4 Å². The van der Waals surface area contributed by atoms with Gasteiger partial charge < -0.3 is 16.2 Å². The Bertz CT molecular complexity index is 621. The summed E-state index contributed by atoms with van der Waals surface area (Å²) >= 11 is 0. The number of hydrogen-bond acceptors (Lipinski definition) is 4. The van der Waals surface area contributed by atoms with Crippen molar-refractivity contribution in [1.82, 2.24) is 0 Å². The molecule has 0 aliphatic rings. The quantitative estimate of drug-likeness (QED) is 0.275. The van der Waals surface area contributed by atoms with Crippen molar-refractivity contribution < 1.29 is 19.5 Å². The first-order valence-electron chi connectivity index (χ1n) is 5.69. The average molecular weight is 275 g/mol. The average Bonchev–Trinajstić information content (AvgIpc) is 2.42. The van der Waals surface area contributed by atoms with Gasteiger partial charge in [0.25, 0.3) is 0 Å². The Morgan fingerprint density at radius 1 is 1.14 bits per heavy atom. The molecule has 6 nitrogen and oxygen atoms in total. The number of nitrogens with two attached hydrogens (primary N) is 1. The third-order valence-electron chi connectivity index (χ3n) is 2.86. The summed E-state index contributed by atoms with van der Waals surface area (Å²) in [6.45, 7) is 0. The number of carbonyl (C=O) groups is 3. The third-order valence-corrected chi connectivity index (χ3v) is 2.86. The normalized spacial score (nSPS) is 11.7. The van der Waals surface area contributed by atoms with Crippen molar-refractivity contribution in [3.8, 4) is 0 Å². The highest BCUT2D eigenvalue weighted by atomic mass is 16.4.